The lowest BCUT2D eigenvalue weighted by atomic mass is 10.1. The van der Waals surface area contributed by atoms with Crippen LogP contribution in [0.15, 0.2) is 64.2 Å². The minimum atomic E-state index is -0.386. The summed E-state index contributed by atoms with van der Waals surface area (Å²) in [7, 11) is 0. The molecule has 1 aromatic heterocycles. The van der Waals surface area contributed by atoms with Gasteiger partial charge in [0.2, 0.25) is 11.8 Å². The molecule has 0 aliphatic heterocycles. The molecule has 132 valence electrons. The fraction of sp³-hybridized carbons (Fsp3) is 0.111. The summed E-state index contributed by atoms with van der Waals surface area (Å²) in [6.45, 7) is 1.95. The van der Waals surface area contributed by atoms with Crippen LogP contribution >= 0.6 is 11.8 Å². The molecule has 0 unspecified atom stereocenters. The molecule has 0 aliphatic carbocycles. The maximum Gasteiger partial charge on any atom is 0.277 e. The van der Waals surface area contributed by atoms with Gasteiger partial charge in [0.25, 0.3) is 11.1 Å². The summed E-state index contributed by atoms with van der Waals surface area (Å²) < 4.78 is 5.57. The molecule has 2 aromatic carbocycles. The number of thioether (sulfide) groups is 1. The van der Waals surface area contributed by atoms with Crippen molar-refractivity contribution in [3.63, 3.8) is 0 Å². The molecule has 7 nitrogen and oxygen atoms in total. The number of nitrogens with zero attached hydrogens (tertiary/aromatic N) is 2. The number of aryl methyl sites for hydroxylation is 1. The molecule has 8 heteroatoms. The Labute approximate surface area is 154 Å². The van der Waals surface area contributed by atoms with E-state index in [-0.39, 0.29) is 22.8 Å². The number of hydrazine groups is 1. The first-order valence-electron chi connectivity index (χ1n) is 7.80. The van der Waals surface area contributed by atoms with E-state index < -0.39 is 0 Å². The molecular weight excluding hydrogens is 352 g/mol. The van der Waals surface area contributed by atoms with E-state index in [1.54, 1.807) is 24.3 Å². The third-order valence-electron chi connectivity index (χ3n) is 3.46. The highest BCUT2D eigenvalue weighted by Crippen LogP contribution is 2.25. The predicted octanol–water partition coefficient (Wildman–Crippen LogP) is 2.60. The molecule has 0 radical (unpaired) electrons. The number of benzene rings is 2. The number of hydrogen-bond donors (Lipinski definition) is 2. The predicted molar refractivity (Wildman–Crippen MR) is 97.2 cm³/mol. The maximum atomic E-state index is 11.8. The summed E-state index contributed by atoms with van der Waals surface area (Å²) in [5, 5.41) is 8.21. The average Bonchev–Trinajstić information content (AvgIpc) is 3.14. The van der Waals surface area contributed by atoms with E-state index in [2.05, 4.69) is 21.0 Å². The zero-order chi connectivity index (χ0) is 18.4. The van der Waals surface area contributed by atoms with Crippen LogP contribution < -0.4 is 10.9 Å². The standard InChI is InChI=1S/C18H16N4O3S/c1-12-7-5-6-10-14(12)17-21-22-18(25-17)26-11-15(23)19-20-16(24)13-8-3-2-4-9-13/h2-10H,11H2,1H3,(H,19,23)(H,20,24). The monoisotopic (exact) mass is 368 g/mol. The Balaban J connectivity index is 1.49. The van der Waals surface area contributed by atoms with Gasteiger partial charge in [0, 0.05) is 11.1 Å². The Hall–Kier alpha value is -3.13. The van der Waals surface area contributed by atoms with Crippen molar-refractivity contribution in [1.82, 2.24) is 21.0 Å². The molecule has 3 rings (SSSR count). The van der Waals surface area contributed by atoms with E-state index in [4.69, 9.17) is 4.42 Å². The highest BCUT2D eigenvalue weighted by atomic mass is 32.2. The van der Waals surface area contributed by atoms with Crippen LogP contribution in [0.3, 0.4) is 0 Å². The van der Waals surface area contributed by atoms with Crippen molar-refractivity contribution < 1.29 is 14.0 Å². The quantitative estimate of drug-likeness (QED) is 0.531. The Morgan fingerprint density at radius 2 is 1.73 bits per heavy atom. The largest absolute Gasteiger partial charge is 0.411 e. The molecule has 1 heterocycles. The van der Waals surface area contributed by atoms with Crippen molar-refractivity contribution in [2.24, 2.45) is 0 Å². The van der Waals surface area contributed by atoms with Crippen LogP contribution in [-0.2, 0) is 4.79 Å². The SMILES string of the molecule is Cc1ccccc1-c1nnc(SCC(=O)NNC(=O)c2ccccc2)o1. The van der Waals surface area contributed by atoms with Crippen LogP contribution in [0.4, 0.5) is 0 Å². The highest BCUT2D eigenvalue weighted by Gasteiger charge is 2.13. The fourth-order valence-corrected chi connectivity index (χ4v) is 2.70. The molecule has 26 heavy (non-hydrogen) atoms. The van der Waals surface area contributed by atoms with E-state index in [1.165, 1.54) is 0 Å². The first-order valence-corrected chi connectivity index (χ1v) is 8.78. The molecule has 0 aliphatic rings. The van der Waals surface area contributed by atoms with E-state index in [9.17, 15) is 9.59 Å². The second kappa shape index (κ2) is 8.30. The third-order valence-corrected chi connectivity index (χ3v) is 4.28. The molecule has 0 bridgehead atoms. The van der Waals surface area contributed by atoms with Crippen molar-refractivity contribution in [3.05, 3.63) is 65.7 Å². The van der Waals surface area contributed by atoms with Crippen LogP contribution in [-0.4, -0.2) is 27.8 Å². The fourth-order valence-electron chi connectivity index (χ4n) is 2.14. The number of nitrogens with one attached hydrogen (secondary N) is 2. The van der Waals surface area contributed by atoms with Gasteiger partial charge in [0.05, 0.1) is 5.75 Å². The van der Waals surface area contributed by atoms with Crippen LogP contribution in [0.2, 0.25) is 0 Å². The maximum absolute atomic E-state index is 11.8. The van der Waals surface area contributed by atoms with Crippen LogP contribution in [0.5, 0.6) is 0 Å². The first kappa shape index (κ1) is 17.7. The Morgan fingerprint density at radius 1 is 1.00 bits per heavy atom. The molecule has 0 spiro atoms. The van der Waals surface area contributed by atoms with E-state index in [0.29, 0.717) is 11.5 Å². The van der Waals surface area contributed by atoms with Crippen LogP contribution in [0, 0.1) is 6.92 Å². The topological polar surface area (TPSA) is 97.1 Å². The van der Waals surface area contributed by atoms with Crippen molar-refractivity contribution in [1.29, 1.82) is 0 Å². The van der Waals surface area contributed by atoms with E-state index in [0.717, 1.165) is 22.9 Å². The molecule has 0 fully saturated rings. The van der Waals surface area contributed by atoms with Crippen molar-refractivity contribution in [3.8, 4) is 11.5 Å². The molecule has 2 amide bonds. The van der Waals surface area contributed by atoms with Gasteiger partial charge in [-0.3, -0.25) is 20.4 Å². The number of carbonyl (C=O) groups excluding carboxylic acids is 2. The van der Waals surface area contributed by atoms with Crippen LogP contribution in [0.1, 0.15) is 15.9 Å². The van der Waals surface area contributed by atoms with Crippen molar-refractivity contribution >= 4 is 23.6 Å². The van der Waals surface area contributed by atoms with Gasteiger partial charge in [-0.15, -0.1) is 10.2 Å². The minimum absolute atomic E-state index is 0.0322. The molecule has 3 aromatic rings. The van der Waals surface area contributed by atoms with Gasteiger partial charge in [0.1, 0.15) is 0 Å². The zero-order valence-electron chi connectivity index (χ0n) is 13.9. The summed E-state index contributed by atoms with van der Waals surface area (Å²) in [5.41, 5.74) is 7.04. The number of aromatic nitrogens is 2. The number of amides is 2. The number of rotatable bonds is 5. The van der Waals surface area contributed by atoms with E-state index in [1.807, 2.05) is 37.3 Å². The van der Waals surface area contributed by atoms with Gasteiger partial charge >= 0.3 is 0 Å². The first-order chi connectivity index (χ1) is 12.6. The molecule has 0 saturated heterocycles. The van der Waals surface area contributed by atoms with Gasteiger partial charge in [-0.05, 0) is 30.7 Å². The smallest absolute Gasteiger partial charge is 0.277 e. The normalized spacial score (nSPS) is 10.3. The Bertz CT molecular complexity index is 912. The lowest BCUT2D eigenvalue weighted by Gasteiger charge is -2.06. The summed E-state index contributed by atoms with van der Waals surface area (Å²) >= 11 is 1.09. The molecular formula is C18H16N4O3S. The Kier molecular flexibility index (Phi) is 5.65. The third kappa shape index (κ3) is 4.48. The number of carbonyl (C=O) groups is 2. The van der Waals surface area contributed by atoms with Crippen LogP contribution in [0.25, 0.3) is 11.5 Å². The van der Waals surface area contributed by atoms with Gasteiger partial charge in [-0.2, -0.15) is 0 Å². The number of hydrogen-bond acceptors (Lipinski definition) is 6. The molecule has 2 N–H and O–H groups in total. The summed E-state index contributed by atoms with van der Waals surface area (Å²) in [6, 6.07) is 16.3. The van der Waals surface area contributed by atoms with Gasteiger partial charge < -0.3 is 4.42 Å². The summed E-state index contributed by atoms with van der Waals surface area (Å²) in [4.78, 5) is 23.7. The van der Waals surface area contributed by atoms with Crippen molar-refractivity contribution in [2.75, 3.05) is 5.75 Å². The van der Waals surface area contributed by atoms with Gasteiger partial charge in [-0.1, -0.05) is 48.2 Å². The summed E-state index contributed by atoms with van der Waals surface area (Å²) in [5.74, 6) is -0.327. The highest BCUT2D eigenvalue weighted by molar-refractivity contribution is 7.99. The summed E-state index contributed by atoms with van der Waals surface area (Å²) in [6.07, 6.45) is 0. The Morgan fingerprint density at radius 3 is 2.50 bits per heavy atom. The van der Waals surface area contributed by atoms with Crippen molar-refractivity contribution in [2.45, 2.75) is 12.1 Å². The van der Waals surface area contributed by atoms with E-state index >= 15 is 0 Å². The second-order valence-corrected chi connectivity index (χ2v) is 6.27. The second-order valence-electron chi connectivity index (χ2n) is 5.35. The lowest BCUT2D eigenvalue weighted by molar-refractivity contribution is -0.119. The minimum Gasteiger partial charge on any atom is -0.411 e. The van der Waals surface area contributed by atoms with Gasteiger partial charge in [0.15, 0.2) is 0 Å². The average molecular weight is 368 g/mol. The zero-order valence-corrected chi connectivity index (χ0v) is 14.7. The van der Waals surface area contributed by atoms with Gasteiger partial charge in [-0.25, -0.2) is 0 Å². The molecule has 0 atom stereocenters. The lowest BCUT2D eigenvalue weighted by Crippen LogP contribution is -2.42. The molecule has 0 saturated carbocycles.